The summed E-state index contributed by atoms with van der Waals surface area (Å²) in [6.45, 7) is 0. The Balaban J connectivity index is 1.81. The molecule has 0 unspecified atom stereocenters. The third kappa shape index (κ3) is 2.69. The van der Waals surface area contributed by atoms with Crippen molar-refractivity contribution in [1.29, 1.82) is 0 Å². The molecule has 2 aromatic heterocycles. The van der Waals surface area contributed by atoms with Crippen LogP contribution in [-0.4, -0.2) is 17.1 Å². The Kier molecular flexibility index (Phi) is 3.71. The topological polar surface area (TPSA) is 42.0 Å². The van der Waals surface area contributed by atoms with Gasteiger partial charge in [0.25, 0.3) is 5.91 Å². The molecule has 0 aliphatic heterocycles. The molecular weight excluding hydrogens is 288 g/mol. The highest BCUT2D eigenvalue weighted by Crippen LogP contribution is 2.26. The van der Waals surface area contributed by atoms with E-state index >= 15 is 0 Å². The van der Waals surface area contributed by atoms with Crippen molar-refractivity contribution >= 4 is 44.8 Å². The summed E-state index contributed by atoms with van der Waals surface area (Å²) < 4.78 is 1.12. The lowest BCUT2D eigenvalue weighted by Gasteiger charge is -2.03. The van der Waals surface area contributed by atoms with Gasteiger partial charge in [0.2, 0.25) is 0 Å². The lowest BCUT2D eigenvalue weighted by molar-refractivity contribution is 0.103. The molecule has 5 heteroatoms. The standard InChI is InChI=1S/C15H12N2OS2/c1-19-14-7-6-11(9-16-14)17-15(18)13-8-10-4-2-3-5-12(10)20-13/h2-9H,1H3,(H,17,18). The monoisotopic (exact) mass is 300 g/mol. The quantitative estimate of drug-likeness (QED) is 0.734. The van der Waals surface area contributed by atoms with Crippen molar-refractivity contribution in [2.24, 2.45) is 0 Å². The van der Waals surface area contributed by atoms with E-state index in [0.29, 0.717) is 10.6 Å². The van der Waals surface area contributed by atoms with E-state index in [-0.39, 0.29) is 5.91 Å². The Labute approximate surface area is 125 Å². The average Bonchev–Trinajstić information content (AvgIpc) is 2.92. The molecule has 3 aromatic rings. The number of anilines is 1. The fourth-order valence-corrected chi connectivity index (χ4v) is 3.18. The van der Waals surface area contributed by atoms with E-state index < -0.39 is 0 Å². The Morgan fingerprint density at radius 3 is 2.80 bits per heavy atom. The molecule has 0 saturated carbocycles. The molecule has 2 heterocycles. The molecule has 0 bridgehead atoms. The van der Waals surface area contributed by atoms with Crippen LogP contribution in [0.3, 0.4) is 0 Å². The Morgan fingerprint density at radius 1 is 1.25 bits per heavy atom. The number of carbonyl (C=O) groups is 1. The normalized spacial score (nSPS) is 10.7. The molecule has 3 rings (SSSR count). The number of nitrogens with zero attached hydrogens (tertiary/aromatic N) is 1. The number of rotatable bonds is 3. The zero-order valence-corrected chi connectivity index (χ0v) is 12.4. The SMILES string of the molecule is CSc1ccc(NC(=O)c2cc3ccccc3s2)cn1. The smallest absolute Gasteiger partial charge is 0.265 e. The van der Waals surface area contributed by atoms with Gasteiger partial charge in [-0.3, -0.25) is 4.79 Å². The number of amides is 1. The van der Waals surface area contributed by atoms with Crippen LogP contribution in [0.15, 0.2) is 53.7 Å². The van der Waals surface area contributed by atoms with Crippen LogP contribution in [0.4, 0.5) is 5.69 Å². The van der Waals surface area contributed by atoms with Crippen LogP contribution in [0.25, 0.3) is 10.1 Å². The van der Waals surface area contributed by atoms with E-state index in [1.165, 1.54) is 11.3 Å². The Hall–Kier alpha value is -1.85. The number of benzene rings is 1. The summed E-state index contributed by atoms with van der Waals surface area (Å²) >= 11 is 3.07. The number of hydrogen-bond donors (Lipinski definition) is 1. The molecule has 0 saturated heterocycles. The highest BCUT2D eigenvalue weighted by atomic mass is 32.2. The lowest BCUT2D eigenvalue weighted by atomic mass is 10.2. The van der Waals surface area contributed by atoms with E-state index in [4.69, 9.17) is 0 Å². The summed E-state index contributed by atoms with van der Waals surface area (Å²) in [6.07, 6.45) is 3.65. The lowest BCUT2D eigenvalue weighted by Crippen LogP contribution is -2.10. The minimum absolute atomic E-state index is 0.0927. The van der Waals surface area contributed by atoms with Crippen LogP contribution in [0, 0.1) is 0 Å². The zero-order chi connectivity index (χ0) is 13.9. The highest BCUT2D eigenvalue weighted by Gasteiger charge is 2.10. The predicted molar refractivity (Wildman–Crippen MR) is 85.8 cm³/mol. The van der Waals surface area contributed by atoms with Crippen LogP contribution < -0.4 is 5.32 Å². The predicted octanol–water partition coefficient (Wildman–Crippen LogP) is 4.27. The fourth-order valence-electron chi connectivity index (χ4n) is 1.86. The van der Waals surface area contributed by atoms with Gasteiger partial charge in [-0.25, -0.2) is 4.98 Å². The second-order valence-corrected chi connectivity index (χ2v) is 6.10. The molecule has 1 aromatic carbocycles. The molecule has 0 radical (unpaired) electrons. The maximum atomic E-state index is 12.2. The first-order chi connectivity index (χ1) is 9.76. The van der Waals surface area contributed by atoms with Crippen LogP contribution >= 0.6 is 23.1 Å². The first-order valence-electron chi connectivity index (χ1n) is 6.06. The van der Waals surface area contributed by atoms with Gasteiger partial charge >= 0.3 is 0 Å². The average molecular weight is 300 g/mol. The molecule has 0 atom stereocenters. The minimum Gasteiger partial charge on any atom is -0.320 e. The van der Waals surface area contributed by atoms with Gasteiger partial charge in [-0.05, 0) is 35.9 Å². The van der Waals surface area contributed by atoms with Crippen LogP contribution in [0.5, 0.6) is 0 Å². The van der Waals surface area contributed by atoms with E-state index in [9.17, 15) is 4.79 Å². The molecule has 3 nitrogen and oxygen atoms in total. The van der Waals surface area contributed by atoms with Gasteiger partial charge in [-0.2, -0.15) is 0 Å². The molecule has 1 N–H and O–H groups in total. The molecule has 0 aliphatic rings. The van der Waals surface area contributed by atoms with Crippen LogP contribution in [0.2, 0.25) is 0 Å². The van der Waals surface area contributed by atoms with E-state index in [1.54, 1.807) is 18.0 Å². The van der Waals surface area contributed by atoms with Crippen molar-refractivity contribution in [3.63, 3.8) is 0 Å². The second kappa shape index (κ2) is 5.64. The summed E-state index contributed by atoms with van der Waals surface area (Å²) in [5, 5.41) is 4.90. The van der Waals surface area contributed by atoms with Gasteiger partial charge in [-0.15, -0.1) is 23.1 Å². The largest absolute Gasteiger partial charge is 0.320 e. The number of nitrogens with one attached hydrogen (secondary N) is 1. The van der Waals surface area contributed by atoms with E-state index in [2.05, 4.69) is 10.3 Å². The first kappa shape index (κ1) is 13.1. The first-order valence-corrected chi connectivity index (χ1v) is 8.10. The number of carbonyl (C=O) groups excluding carboxylic acids is 1. The molecule has 0 aliphatic carbocycles. The third-order valence-corrected chi connectivity index (χ3v) is 4.63. The van der Waals surface area contributed by atoms with Crippen molar-refractivity contribution < 1.29 is 4.79 Å². The van der Waals surface area contributed by atoms with Crippen LogP contribution in [0.1, 0.15) is 9.67 Å². The maximum Gasteiger partial charge on any atom is 0.265 e. The van der Waals surface area contributed by atoms with Gasteiger partial charge < -0.3 is 5.32 Å². The number of pyridine rings is 1. The van der Waals surface area contributed by atoms with Crippen molar-refractivity contribution in [2.45, 2.75) is 5.03 Å². The molecule has 1 amide bonds. The summed E-state index contributed by atoms with van der Waals surface area (Å²) in [5.74, 6) is -0.0927. The van der Waals surface area contributed by atoms with E-state index in [1.807, 2.05) is 48.7 Å². The Bertz CT molecular complexity index is 717. The number of thioether (sulfide) groups is 1. The molecule has 0 spiro atoms. The number of thiophene rings is 1. The summed E-state index contributed by atoms with van der Waals surface area (Å²) in [6, 6.07) is 13.7. The molecule has 100 valence electrons. The second-order valence-electron chi connectivity index (χ2n) is 4.19. The third-order valence-electron chi connectivity index (χ3n) is 2.85. The van der Waals surface area contributed by atoms with Gasteiger partial charge in [-0.1, -0.05) is 18.2 Å². The summed E-state index contributed by atoms with van der Waals surface area (Å²) in [5.41, 5.74) is 0.713. The summed E-state index contributed by atoms with van der Waals surface area (Å²) in [4.78, 5) is 17.2. The van der Waals surface area contributed by atoms with Crippen LogP contribution in [-0.2, 0) is 0 Å². The molecule has 0 fully saturated rings. The van der Waals surface area contributed by atoms with Crippen molar-refractivity contribution in [1.82, 2.24) is 4.98 Å². The summed E-state index contributed by atoms with van der Waals surface area (Å²) in [7, 11) is 0. The van der Waals surface area contributed by atoms with E-state index in [0.717, 1.165) is 15.1 Å². The molecule has 20 heavy (non-hydrogen) atoms. The minimum atomic E-state index is -0.0927. The van der Waals surface area contributed by atoms with Gasteiger partial charge in [0.15, 0.2) is 0 Å². The maximum absolute atomic E-state index is 12.2. The fraction of sp³-hybridized carbons (Fsp3) is 0.0667. The van der Waals surface area contributed by atoms with Gasteiger partial charge in [0.1, 0.15) is 0 Å². The van der Waals surface area contributed by atoms with Crippen molar-refractivity contribution in [3.8, 4) is 0 Å². The number of aromatic nitrogens is 1. The highest BCUT2D eigenvalue weighted by molar-refractivity contribution is 7.98. The number of fused-ring (bicyclic) bond motifs is 1. The van der Waals surface area contributed by atoms with Gasteiger partial charge in [0.05, 0.1) is 21.8 Å². The van der Waals surface area contributed by atoms with Crippen molar-refractivity contribution in [3.05, 3.63) is 53.5 Å². The zero-order valence-electron chi connectivity index (χ0n) is 10.8. The Morgan fingerprint density at radius 2 is 2.10 bits per heavy atom. The van der Waals surface area contributed by atoms with Gasteiger partial charge in [0, 0.05) is 4.70 Å². The number of hydrogen-bond acceptors (Lipinski definition) is 4. The van der Waals surface area contributed by atoms with Crippen molar-refractivity contribution in [2.75, 3.05) is 11.6 Å². The molecular formula is C15H12N2OS2.